The number of rotatable bonds is 5. The predicted molar refractivity (Wildman–Crippen MR) is 126 cm³/mol. The summed E-state index contributed by atoms with van der Waals surface area (Å²) in [5.74, 6) is 0.166. The van der Waals surface area contributed by atoms with E-state index in [-0.39, 0.29) is 5.91 Å². The molecule has 4 rings (SSSR count). The van der Waals surface area contributed by atoms with E-state index in [9.17, 15) is 4.79 Å². The highest BCUT2D eigenvalue weighted by Crippen LogP contribution is 2.32. The molecule has 31 heavy (non-hydrogen) atoms. The van der Waals surface area contributed by atoms with E-state index in [1.807, 2.05) is 55.5 Å². The maximum atomic E-state index is 13.0. The number of aryl methyl sites for hydroxylation is 1. The van der Waals surface area contributed by atoms with Crippen molar-refractivity contribution >= 4 is 33.8 Å². The average Bonchev–Trinajstić information content (AvgIpc) is 2.79. The molecule has 0 unspecified atom stereocenters. The van der Waals surface area contributed by atoms with E-state index in [1.54, 1.807) is 24.3 Å². The fraction of sp³-hybridized carbons (Fsp3) is 0.0769. The molecule has 3 aromatic carbocycles. The van der Waals surface area contributed by atoms with Crippen LogP contribution in [0.1, 0.15) is 27.2 Å². The topological polar surface area (TPSA) is 77.2 Å². The largest absolute Gasteiger partial charge is 0.496 e. The Kier molecular flexibility index (Phi) is 5.41. The first-order chi connectivity index (χ1) is 15.0. The van der Waals surface area contributed by atoms with Crippen LogP contribution >= 0.6 is 0 Å². The number of hydrogen-bond acceptors (Lipinski definition) is 4. The zero-order valence-electron chi connectivity index (χ0n) is 17.5. The van der Waals surface area contributed by atoms with Gasteiger partial charge in [-0.25, -0.2) is 0 Å². The number of nitrogens with zero attached hydrogens (tertiary/aromatic N) is 1. The smallest absolute Gasteiger partial charge is 0.259 e. The summed E-state index contributed by atoms with van der Waals surface area (Å²) in [7, 11) is 1.54. The van der Waals surface area contributed by atoms with Crippen LogP contribution in [-0.4, -0.2) is 18.0 Å². The van der Waals surface area contributed by atoms with E-state index in [2.05, 4.69) is 16.9 Å². The van der Waals surface area contributed by atoms with Crippen LogP contribution in [-0.2, 0) is 0 Å². The molecule has 5 nitrogen and oxygen atoms in total. The van der Waals surface area contributed by atoms with Crippen LogP contribution in [0.5, 0.6) is 5.75 Å². The molecule has 1 heterocycles. The van der Waals surface area contributed by atoms with E-state index >= 15 is 0 Å². The van der Waals surface area contributed by atoms with Crippen LogP contribution in [0.25, 0.3) is 16.5 Å². The highest BCUT2D eigenvalue weighted by Gasteiger charge is 2.17. The lowest BCUT2D eigenvalue weighted by Gasteiger charge is -2.15. The number of nitrogens with two attached hydrogens (primary N) is 1. The molecule has 0 saturated carbocycles. The van der Waals surface area contributed by atoms with E-state index < -0.39 is 0 Å². The minimum Gasteiger partial charge on any atom is -0.496 e. The minimum atomic E-state index is -0.305. The van der Waals surface area contributed by atoms with Crippen molar-refractivity contribution in [3.05, 3.63) is 102 Å². The molecule has 4 aromatic rings. The van der Waals surface area contributed by atoms with Crippen molar-refractivity contribution in [3.63, 3.8) is 0 Å². The van der Waals surface area contributed by atoms with Gasteiger partial charge in [-0.1, -0.05) is 43.0 Å². The van der Waals surface area contributed by atoms with Crippen LogP contribution in [0.4, 0.5) is 11.4 Å². The van der Waals surface area contributed by atoms with Crippen molar-refractivity contribution in [2.75, 3.05) is 18.2 Å². The molecular weight excluding hydrogens is 386 g/mol. The first-order valence-electron chi connectivity index (χ1n) is 9.88. The van der Waals surface area contributed by atoms with Gasteiger partial charge >= 0.3 is 0 Å². The number of nitrogens with one attached hydrogen (secondary N) is 1. The zero-order chi connectivity index (χ0) is 22.0. The van der Waals surface area contributed by atoms with Crippen molar-refractivity contribution in [1.82, 2.24) is 4.98 Å². The molecule has 0 bridgehead atoms. The lowest BCUT2D eigenvalue weighted by molar-refractivity contribution is 0.102. The predicted octanol–water partition coefficient (Wildman–Crippen LogP) is 5.45. The van der Waals surface area contributed by atoms with Crippen LogP contribution in [0.15, 0.2) is 79.4 Å². The molecule has 5 heteroatoms. The summed E-state index contributed by atoms with van der Waals surface area (Å²) in [6.45, 7) is 6.28. The van der Waals surface area contributed by atoms with Gasteiger partial charge in [0.2, 0.25) is 0 Å². The fourth-order valence-corrected chi connectivity index (χ4v) is 3.59. The normalized spacial score (nSPS) is 10.6. The number of methoxy groups -OCH3 is 1. The van der Waals surface area contributed by atoms with Crippen molar-refractivity contribution in [2.24, 2.45) is 0 Å². The third-order valence-electron chi connectivity index (χ3n) is 5.17. The lowest BCUT2D eigenvalue weighted by Crippen LogP contribution is -2.14. The van der Waals surface area contributed by atoms with Crippen LogP contribution in [0, 0.1) is 6.92 Å². The van der Waals surface area contributed by atoms with Crippen molar-refractivity contribution < 1.29 is 9.53 Å². The van der Waals surface area contributed by atoms with Gasteiger partial charge in [-0.15, -0.1) is 0 Å². The Morgan fingerprint density at radius 1 is 1.00 bits per heavy atom. The SMILES string of the molecule is C=C(c1ccc(OC)c(C(=O)Nc2ccccc2N)c1)c1cc(C)nc2ccccc12. The number of aromatic nitrogens is 1. The van der Waals surface area contributed by atoms with Gasteiger partial charge in [0.1, 0.15) is 5.75 Å². The molecular formula is C26H23N3O2. The molecule has 0 atom stereocenters. The quantitative estimate of drug-likeness (QED) is 0.430. The van der Waals surface area contributed by atoms with Gasteiger partial charge < -0.3 is 15.8 Å². The van der Waals surface area contributed by atoms with Gasteiger partial charge in [-0.2, -0.15) is 0 Å². The van der Waals surface area contributed by atoms with E-state index in [0.717, 1.165) is 33.3 Å². The van der Waals surface area contributed by atoms with E-state index in [1.165, 1.54) is 7.11 Å². The van der Waals surface area contributed by atoms with Gasteiger partial charge in [-0.3, -0.25) is 9.78 Å². The van der Waals surface area contributed by atoms with Gasteiger partial charge in [0.15, 0.2) is 0 Å². The number of amides is 1. The number of ether oxygens (including phenoxy) is 1. The van der Waals surface area contributed by atoms with Gasteiger partial charge in [0.05, 0.1) is 29.6 Å². The molecule has 3 N–H and O–H groups in total. The van der Waals surface area contributed by atoms with Crippen LogP contribution in [0.3, 0.4) is 0 Å². The molecule has 0 saturated heterocycles. The van der Waals surface area contributed by atoms with Crippen LogP contribution < -0.4 is 15.8 Å². The number of nitrogen functional groups attached to an aromatic ring is 1. The number of para-hydroxylation sites is 3. The summed E-state index contributed by atoms with van der Waals surface area (Å²) in [5.41, 5.74) is 11.8. The van der Waals surface area contributed by atoms with Gasteiger partial charge in [0.25, 0.3) is 5.91 Å². The molecule has 1 aromatic heterocycles. The second kappa shape index (κ2) is 8.32. The Balaban J connectivity index is 1.75. The van der Waals surface area contributed by atoms with E-state index in [0.29, 0.717) is 22.7 Å². The van der Waals surface area contributed by atoms with Crippen molar-refractivity contribution in [3.8, 4) is 5.75 Å². The Bertz CT molecular complexity index is 1310. The first kappa shape index (κ1) is 20.2. The summed E-state index contributed by atoms with van der Waals surface area (Å²) in [6, 6.07) is 22.6. The number of benzene rings is 3. The molecule has 0 radical (unpaired) electrons. The number of carbonyl (C=O) groups is 1. The van der Waals surface area contributed by atoms with Crippen LogP contribution in [0.2, 0.25) is 0 Å². The fourth-order valence-electron chi connectivity index (χ4n) is 3.59. The molecule has 0 aliphatic heterocycles. The third kappa shape index (κ3) is 3.98. The molecule has 1 amide bonds. The Hall–Kier alpha value is -4.12. The molecule has 0 spiro atoms. The molecule has 0 aliphatic rings. The summed E-state index contributed by atoms with van der Waals surface area (Å²) >= 11 is 0. The number of pyridine rings is 1. The Morgan fingerprint density at radius 3 is 2.52 bits per heavy atom. The molecule has 154 valence electrons. The number of fused-ring (bicyclic) bond motifs is 1. The van der Waals surface area contributed by atoms with Gasteiger partial charge in [-0.05, 0) is 60.0 Å². The first-order valence-corrected chi connectivity index (χ1v) is 9.88. The monoisotopic (exact) mass is 409 g/mol. The molecule has 0 fully saturated rings. The summed E-state index contributed by atoms with van der Waals surface area (Å²) < 4.78 is 5.43. The highest BCUT2D eigenvalue weighted by atomic mass is 16.5. The van der Waals surface area contributed by atoms with Crippen molar-refractivity contribution in [1.29, 1.82) is 0 Å². The standard InChI is InChI=1S/C26H23N3O2/c1-16-14-20(19-8-4-6-10-23(19)28-16)17(2)18-12-13-25(31-3)21(15-18)26(30)29-24-11-7-5-9-22(24)27/h4-15H,2,27H2,1,3H3,(H,29,30). The number of hydrogen-bond donors (Lipinski definition) is 2. The lowest BCUT2D eigenvalue weighted by atomic mass is 9.94. The Labute approximate surface area is 181 Å². The summed E-state index contributed by atoms with van der Waals surface area (Å²) in [5, 5.41) is 3.87. The number of anilines is 2. The average molecular weight is 409 g/mol. The van der Waals surface area contributed by atoms with E-state index in [4.69, 9.17) is 10.5 Å². The summed E-state index contributed by atoms with van der Waals surface area (Å²) in [4.78, 5) is 17.6. The van der Waals surface area contributed by atoms with Crippen molar-refractivity contribution in [2.45, 2.75) is 6.92 Å². The Morgan fingerprint density at radius 2 is 1.74 bits per heavy atom. The minimum absolute atomic E-state index is 0.305. The number of carbonyl (C=O) groups excluding carboxylic acids is 1. The zero-order valence-corrected chi connectivity index (χ0v) is 17.5. The maximum Gasteiger partial charge on any atom is 0.259 e. The summed E-state index contributed by atoms with van der Waals surface area (Å²) in [6.07, 6.45) is 0. The second-order valence-corrected chi connectivity index (χ2v) is 7.26. The highest BCUT2D eigenvalue weighted by molar-refractivity contribution is 6.08. The molecule has 0 aliphatic carbocycles. The second-order valence-electron chi connectivity index (χ2n) is 7.26. The third-order valence-corrected chi connectivity index (χ3v) is 5.17. The van der Waals surface area contributed by atoms with Gasteiger partial charge in [0, 0.05) is 11.1 Å². The maximum absolute atomic E-state index is 13.0.